The fourth-order valence-corrected chi connectivity index (χ4v) is 2.91. The molecule has 3 aromatic rings. The van der Waals surface area contributed by atoms with Gasteiger partial charge in [-0.3, -0.25) is 9.59 Å². The zero-order chi connectivity index (χ0) is 19.2. The van der Waals surface area contributed by atoms with Gasteiger partial charge in [0.1, 0.15) is 5.82 Å². The molecule has 1 heterocycles. The van der Waals surface area contributed by atoms with Crippen LogP contribution < -0.4 is 10.6 Å². The van der Waals surface area contributed by atoms with E-state index in [1.807, 2.05) is 41.0 Å². The fourth-order valence-electron chi connectivity index (χ4n) is 2.91. The monoisotopic (exact) mass is 366 g/mol. The molecule has 140 valence electrons. The molecule has 2 amide bonds. The van der Waals surface area contributed by atoms with E-state index in [0.29, 0.717) is 25.2 Å². The largest absolute Gasteiger partial charge is 0.395 e. The maximum Gasteiger partial charge on any atom is 0.251 e. The quantitative estimate of drug-likeness (QED) is 0.553. The Labute approximate surface area is 157 Å². The van der Waals surface area contributed by atoms with Gasteiger partial charge in [-0.25, -0.2) is 4.98 Å². The summed E-state index contributed by atoms with van der Waals surface area (Å²) in [4.78, 5) is 27.7. The second kappa shape index (κ2) is 8.46. The van der Waals surface area contributed by atoms with Gasteiger partial charge in [-0.1, -0.05) is 24.3 Å². The van der Waals surface area contributed by atoms with Gasteiger partial charge in [-0.2, -0.15) is 0 Å². The molecule has 7 nitrogen and oxygen atoms in total. The minimum absolute atomic E-state index is 0.0160. The van der Waals surface area contributed by atoms with Crippen LogP contribution in [0.5, 0.6) is 0 Å². The number of carbonyl (C=O) groups is 2. The van der Waals surface area contributed by atoms with Crippen molar-refractivity contribution in [2.75, 3.05) is 19.7 Å². The second-order valence-corrected chi connectivity index (χ2v) is 6.12. The molecule has 0 radical (unpaired) electrons. The molecule has 0 atom stereocenters. The van der Waals surface area contributed by atoms with E-state index in [9.17, 15) is 14.7 Å². The van der Waals surface area contributed by atoms with Gasteiger partial charge in [0, 0.05) is 37.7 Å². The van der Waals surface area contributed by atoms with E-state index in [1.54, 1.807) is 12.1 Å². The number of aromatic nitrogens is 2. The first kappa shape index (κ1) is 18.6. The molecule has 0 unspecified atom stereocenters. The molecule has 0 aliphatic heterocycles. The first-order valence-corrected chi connectivity index (χ1v) is 8.79. The lowest BCUT2D eigenvalue weighted by molar-refractivity contribution is -0.118. The highest BCUT2D eigenvalue weighted by atomic mass is 16.3. The van der Waals surface area contributed by atoms with E-state index in [4.69, 9.17) is 0 Å². The van der Waals surface area contributed by atoms with E-state index < -0.39 is 0 Å². The van der Waals surface area contributed by atoms with Crippen LogP contribution in [0, 0.1) is 0 Å². The van der Waals surface area contributed by atoms with Gasteiger partial charge < -0.3 is 20.3 Å². The van der Waals surface area contributed by atoms with E-state index in [2.05, 4.69) is 15.6 Å². The summed E-state index contributed by atoms with van der Waals surface area (Å²) in [6.45, 7) is 2.66. The summed E-state index contributed by atoms with van der Waals surface area (Å²) in [6, 6.07) is 14.9. The summed E-state index contributed by atoms with van der Waals surface area (Å²) in [5.74, 6) is 0.429. The smallest absolute Gasteiger partial charge is 0.251 e. The molecule has 0 fully saturated rings. The van der Waals surface area contributed by atoms with Crippen molar-refractivity contribution in [2.24, 2.45) is 0 Å². The van der Waals surface area contributed by atoms with Crippen LogP contribution in [0.1, 0.15) is 17.3 Å². The Hall–Kier alpha value is -3.19. The van der Waals surface area contributed by atoms with Crippen LogP contribution in [-0.4, -0.2) is 46.2 Å². The summed E-state index contributed by atoms with van der Waals surface area (Å²) in [5, 5.41) is 14.8. The molecule has 0 aliphatic carbocycles. The standard InChI is InChI=1S/C20H22N4O3/c1-14(26)21-10-11-22-20(27)16-8-6-15(7-9-16)19-23-17-4-2-3-5-18(17)24(19)12-13-25/h2-9,25H,10-13H2,1H3,(H,21,26)(H,22,27). The average Bonchev–Trinajstić information content (AvgIpc) is 3.04. The predicted molar refractivity (Wildman–Crippen MR) is 103 cm³/mol. The fraction of sp³-hybridized carbons (Fsp3) is 0.250. The third-order valence-electron chi connectivity index (χ3n) is 4.17. The topological polar surface area (TPSA) is 96.3 Å². The molecule has 0 bridgehead atoms. The number of rotatable bonds is 7. The molecule has 2 aromatic carbocycles. The normalized spacial score (nSPS) is 10.7. The molecule has 3 rings (SSSR count). The van der Waals surface area contributed by atoms with Gasteiger partial charge in [-0.15, -0.1) is 0 Å². The lowest BCUT2D eigenvalue weighted by atomic mass is 10.1. The second-order valence-electron chi connectivity index (χ2n) is 6.12. The van der Waals surface area contributed by atoms with Crippen LogP contribution in [0.3, 0.4) is 0 Å². The molecule has 0 saturated carbocycles. The molecular weight excluding hydrogens is 344 g/mol. The SMILES string of the molecule is CC(=O)NCCNC(=O)c1ccc(-c2nc3ccccc3n2CCO)cc1. The number of carbonyl (C=O) groups excluding carboxylic acids is 2. The van der Waals surface area contributed by atoms with Crippen LogP contribution in [0.2, 0.25) is 0 Å². The summed E-state index contributed by atoms with van der Waals surface area (Å²) in [6.07, 6.45) is 0. The Morgan fingerprint density at radius 2 is 1.74 bits per heavy atom. The van der Waals surface area contributed by atoms with E-state index in [1.165, 1.54) is 6.92 Å². The van der Waals surface area contributed by atoms with Gasteiger partial charge in [0.2, 0.25) is 5.91 Å². The Morgan fingerprint density at radius 1 is 1.04 bits per heavy atom. The van der Waals surface area contributed by atoms with E-state index in [-0.39, 0.29) is 18.4 Å². The maximum atomic E-state index is 12.2. The first-order chi connectivity index (χ1) is 13.1. The van der Waals surface area contributed by atoms with Crippen molar-refractivity contribution < 1.29 is 14.7 Å². The van der Waals surface area contributed by atoms with Crippen molar-refractivity contribution in [1.29, 1.82) is 0 Å². The number of amides is 2. The first-order valence-electron chi connectivity index (χ1n) is 8.79. The molecule has 27 heavy (non-hydrogen) atoms. The van der Waals surface area contributed by atoms with Crippen molar-refractivity contribution in [2.45, 2.75) is 13.5 Å². The number of hydrogen-bond acceptors (Lipinski definition) is 4. The number of nitrogens with zero attached hydrogens (tertiary/aromatic N) is 2. The van der Waals surface area contributed by atoms with Gasteiger partial charge in [-0.05, 0) is 24.3 Å². The number of nitrogens with one attached hydrogen (secondary N) is 2. The number of fused-ring (bicyclic) bond motifs is 1. The maximum absolute atomic E-state index is 12.2. The summed E-state index contributed by atoms with van der Waals surface area (Å²) < 4.78 is 1.97. The van der Waals surface area contributed by atoms with Gasteiger partial charge in [0.25, 0.3) is 5.91 Å². The summed E-state index contributed by atoms with van der Waals surface area (Å²) in [7, 11) is 0. The minimum Gasteiger partial charge on any atom is -0.395 e. The summed E-state index contributed by atoms with van der Waals surface area (Å²) in [5.41, 5.74) is 3.22. The van der Waals surface area contributed by atoms with E-state index in [0.717, 1.165) is 22.4 Å². The van der Waals surface area contributed by atoms with Crippen molar-refractivity contribution in [3.63, 3.8) is 0 Å². The highest BCUT2D eigenvalue weighted by Crippen LogP contribution is 2.25. The molecule has 7 heteroatoms. The minimum atomic E-state index is -0.198. The number of benzene rings is 2. The highest BCUT2D eigenvalue weighted by Gasteiger charge is 2.13. The molecule has 0 spiro atoms. The Balaban J connectivity index is 1.77. The lowest BCUT2D eigenvalue weighted by Gasteiger charge is -2.09. The number of para-hydroxylation sites is 2. The number of aliphatic hydroxyl groups is 1. The Morgan fingerprint density at radius 3 is 2.44 bits per heavy atom. The van der Waals surface area contributed by atoms with Crippen molar-refractivity contribution in [3.8, 4) is 11.4 Å². The number of imidazole rings is 1. The van der Waals surface area contributed by atoms with Crippen LogP contribution in [-0.2, 0) is 11.3 Å². The van der Waals surface area contributed by atoms with Crippen molar-refractivity contribution in [1.82, 2.24) is 20.2 Å². The van der Waals surface area contributed by atoms with Crippen LogP contribution in [0.15, 0.2) is 48.5 Å². The summed E-state index contributed by atoms with van der Waals surface area (Å²) >= 11 is 0. The van der Waals surface area contributed by atoms with Crippen molar-refractivity contribution in [3.05, 3.63) is 54.1 Å². The Kier molecular flexibility index (Phi) is 5.83. The van der Waals surface area contributed by atoms with Gasteiger partial charge in [0.05, 0.1) is 17.6 Å². The van der Waals surface area contributed by atoms with E-state index >= 15 is 0 Å². The molecule has 0 aliphatic rings. The third-order valence-corrected chi connectivity index (χ3v) is 4.17. The third kappa shape index (κ3) is 4.32. The van der Waals surface area contributed by atoms with Crippen LogP contribution in [0.25, 0.3) is 22.4 Å². The molecule has 1 aromatic heterocycles. The van der Waals surface area contributed by atoms with Crippen molar-refractivity contribution >= 4 is 22.8 Å². The predicted octanol–water partition coefficient (Wildman–Crippen LogP) is 1.56. The van der Waals surface area contributed by atoms with Gasteiger partial charge in [0.15, 0.2) is 0 Å². The van der Waals surface area contributed by atoms with Crippen LogP contribution in [0.4, 0.5) is 0 Å². The molecule has 3 N–H and O–H groups in total. The average molecular weight is 366 g/mol. The number of aliphatic hydroxyl groups excluding tert-OH is 1. The van der Waals surface area contributed by atoms with Crippen LogP contribution >= 0.6 is 0 Å². The van der Waals surface area contributed by atoms with Gasteiger partial charge >= 0.3 is 0 Å². The zero-order valence-corrected chi connectivity index (χ0v) is 15.1. The Bertz CT molecular complexity index is 948. The zero-order valence-electron chi connectivity index (χ0n) is 15.1. The highest BCUT2D eigenvalue weighted by molar-refractivity contribution is 5.94. The molecule has 0 saturated heterocycles. The molecular formula is C20H22N4O3. The number of hydrogen-bond donors (Lipinski definition) is 3. The lowest BCUT2D eigenvalue weighted by Crippen LogP contribution is -2.33.